The zero-order chi connectivity index (χ0) is 11.7. The van der Waals surface area contributed by atoms with Gasteiger partial charge in [-0.1, -0.05) is 26.7 Å². The van der Waals surface area contributed by atoms with Crippen LogP contribution < -0.4 is 24.8 Å². The molecule has 102 valence electrons. The Hall–Kier alpha value is 0.254. The summed E-state index contributed by atoms with van der Waals surface area (Å²) in [6, 6.07) is 0. The van der Waals surface area contributed by atoms with Crippen molar-refractivity contribution in [2.24, 2.45) is 0 Å². The van der Waals surface area contributed by atoms with Gasteiger partial charge in [0.05, 0.1) is 0 Å². The molecule has 0 aromatic rings. The molecular weight excluding hydrogens is 311 g/mol. The van der Waals surface area contributed by atoms with Crippen LogP contribution in [0.15, 0.2) is 33.4 Å². The molecule has 19 heavy (non-hydrogen) atoms. The maximum absolute atomic E-state index is 3.49. The number of allylic oxidation sites excluding steroid dienone is 8. The Morgan fingerprint density at radius 3 is 1.26 bits per heavy atom. The van der Waals surface area contributed by atoms with Crippen molar-refractivity contribution in [3.8, 4) is 0 Å². The van der Waals surface area contributed by atoms with E-state index in [4.69, 9.17) is 0 Å². The number of rotatable bonds is 3. The summed E-state index contributed by atoms with van der Waals surface area (Å²) in [4.78, 5) is 0. The Morgan fingerprint density at radius 2 is 1.05 bits per heavy atom. The van der Waals surface area contributed by atoms with E-state index in [1.54, 1.807) is 0 Å². The summed E-state index contributed by atoms with van der Waals surface area (Å²) in [7, 11) is 0. The van der Waals surface area contributed by atoms with Crippen molar-refractivity contribution < 1.29 is 46.5 Å². The summed E-state index contributed by atoms with van der Waals surface area (Å²) < 4.78 is 0. The maximum atomic E-state index is 3.49. The third kappa shape index (κ3) is 4.94. The first kappa shape index (κ1) is 21.6. The fraction of sp³-hybridized carbons (Fsp3) is 0.500. The van der Waals surface area contributed by atoms with Crippen LogP contribution in [0.4, 0.5) is 0 Å². The van der Waals surface area contributed by atoms with E-state index in [9.17, 15) is 0 Å². The second-order valence-electron chi connectivity index (χ2n) is 4.97. The predicted octanol–water partition coefficient (Wildman–Crippen LogP) is -1.29. The minimum absolute atomic E-state index is 0. The van der Waals surface area contributed by atoms with Gasteiger partial charge in [-0.3, -0.25) is 12.2 Å². The topological polar surface area (TPSA) is 0 Å². The van der Waals surface area contributed by atoms with Gasteiger partial charge in [-0.15, -0.1) is 26.7 Å². The molecule has 0 bridgehead atoms. The van der Waals surface area contributed by atoms with Crippen LogP contribution in [0.1, 0.15) is 53.4 Å². The summed E-state index contributed by atoms with van der Waals surface area (Å²) in [5.74, 6) is 0. The van der Waals surface area contributed by atoms with E-state index in [2.05, 4.69) is 39.8 Å². The van der Waals surface area contributed by atoms with Crippen LogP contribution in [0.3, 0.4) is 0 Å². The molecule has 0 spiro atoms. The minimum Gasteiger partial charge on any atom is -1.00 e. The smallest absolute Gasteiger partial charge is 1.00 e. The molecule has 0 unspecified atom stereocenters. The van der Waals surface area contributed by atoms with Gasteiger partial charge in [0, 0.05) is 0 Å². The van der Waals surface area contributed by atoms with Gasteiger partial charge in [0.25, 0.3) is 0 Å². The zero-order valence-corrected chi connectivity index (χ0v) is 15.2. The van der Waals surface area contributed by atoms with Crippen molar-refractivity contribution >= 4 is 0 Å². The van der Waals surface area contributed by atoms with E-state index < -0.39 is 0 Å². The second-order valence-corrected chi connectivity index (χ2v) is 4.97. The summed E-state index contributed by atoms with van der Waals surface area (Å²) in [5, 5.41) is 0. The largest absolute Gasteiger partial charge is 4.00 e. The average Bonchev–Trinajstić information content (AvgIpc) is 2.74. The third-order valence-corrected chi connectivity index (χ3v) is 3.94. The Balaban J connectivity index is 0. The van der Waals surface area contributed by atoms with Gasteiger partial charge in [-0.05, 0) is 0 Å². The molecule has 2 aliphatic carbocycles. The van der Waals surface area contributed by atoms with Crippen molar-refractivity contribution in [1.82, 2.24) is 0 Å². The van der Waals surface area contributed by atoms with Gasteiger partial charge >= 0.3 is 21.7 Å². The van der Waals surface area contributed by atoms with Crippen LogP contribution in [0.5, 0.6) is 0 Å². The molecule has 0 radical (unpaired) electrons. The molecule has 0 aliphatic heterocycles. The van der Waals surface area contributed by atoms with Crippen molar-refractivity contribution in [3.63, 3.8) is 0 Å². The quantitative estimate of drug-likeness (QED) is 0.446. The standard InChI is InChI=1S/C16H20.2ClH.Ti/c1-11-5-7-15(13(11)3)9-10-16-8-6-12(2)14(16)4;;;/h5-6,9-10H2,1-4H3;2*1H;/q-2;;;+4/p-2. The van der Waals surface area contributed by atoms with E-state index in [0.717, 1.165) is 25.7 Å². The van der Waals surface area contributed by atoms with Crippen molar-refractivity contribution in [2.45, 2.75) is 53.4 Å². The molecule has 0 heterocycles. The van der Waals surface area contributed by atoms with E-state index in [1.807, 2.05) is 0 Å². The van der Waals surface area contributed by atoms with Gasteiger partial charge in [0.1, 0.15) is 0 Å². The van der Waals surface area contributed by atoms with Gasteiger partial charge in [-0.2, -0.15) is 22.3 Å². The van der Waals surface area contributed by atoms with E-state index in [1.165, 1.54) is 33.4 Å². The molecule has 0 saturated heterocycles. The molecule has 0 aromatic carbocycles. The molecule has 0 aromatic heterocycles. The fourth-order valence-electron chi connectivity index (χ4n) is 2.33. The third-order valence-electron chi connectivity index (χ3n) is 3.94. The molecule has 0 N–H and O–H groups in total. The second kappa shape index (κ2) is 9.24. The van der Waals surface area contributed by atoms with Crippen LogP contribution in [0.25, 0.3) is 0 Å². The van der Waals surface area contributed by atoms with Gasteiger partial charge in [0.15, 0.2) is 0 Å². The molecule has 3 heteroatoms. The molecular formula is C16H20Cl2Ti. The van der Waals surface area contributed by atoms with Crippen LogP contribution >= 0.6 is 0 Å². The fourth-order valence-corrected chi connectivity index (χ4v) is 2.33. The average molecular weight is 331 g/mol. The molecule has 0 amide bonds. The molecule has 0 nitrogen and oxygen atoms in total. The van der Waals surface area contributed by atoms with Gasteiger partial charge < -0.3 is 24.8 Å². The Bertz CT molecular complexity index is 398. The Morgan fingerprint density at radius 1 is 0.737 bits per heavy atom. The van der Waals surface area contributed by atoms with Crippen LogP contribution in [0, 0.1) is 12.2 Å². The zero-order valence-electron chi connectivity index (χ0n) is 12.1. The summed E-state index contributed by atoms with van der Waals surface area (Å²) >= 11 is 0. The van der Waals surface area contributed by atoms with E-state index >= 15 is 0 Å². The summed E-state index contributed by atoms with van der Waals surface area (Å²) in [6.45, 7) is 8.88. The number of hydrogen-bond acceptors (Lipinski definition) is 0. The number of halogens is 2. The monoisotopic (exact) mass is 330 g/mol. The normalized spacial score (nSPS) is 17.5. The van der Waals surface area contributed by atoms with Gasteiger partial charge in [-0.25, -0.2) is 11.1 Å². The number of hydrogen-bond donors (Lipinski definition) is 0. The molecule has 0 atom stereocenters. The van der Waals surface area contributed by atoms with Crippen molar-refractivity contribution in [1.29, 1.82) is 0 Å². The SMILES string of the molecule is CC1=C(C)C(CCC2=[C-]CC(C)=C2C)=[C-]C1.[Cl-].[Cl-].[Ti+4]. The summed E-state index contributed by atoms with van der Waals surface area (Å²) in [6.07, 6.45) is 11.3. The van der Waals surface area contributed by atoms with Gasteiger partial charge in [0.2, 0.25) is 0 Å². The van der Waals surface area contributed by atoms with E-state index in [-0.39, 0.29) is 46.5 Å². The Kier molecular flexibility index (Phi) is 10.5. The van der Waals surface area contributed by atoms with Crippen molar-refractivity contribution in [3.05, 3.63) is 45.6 Å². The predicted molar refractivity (Wildman–Crippen MR) is 68.7 cm³/mol. The van der Waals surface area contributed by atoms with E-state index in [0.29, 0.717) is 0 Å². The molecule has 0 saturated carbocycles. The van der Waals surface area contributed by atoms with Crippen LogP contribution in [-0.2, 0) is 21.7 Å². The van der Waals surface area contributed by atoms with Crippen LogP contribution in [0.2, 0.25) is 0 Å². The molecule has 2 rings (SSSR count). The molecule has 0 fully saturated rings. The van der Waals surface area contributed by atoms with Crippen LogP contribution in [-0.4, -0.2) is 0 Å². The minimum atomic E-state index is 0. The first-order chi connectivity index (χ1) is 7.59. The van der Waals surface area contributed by atoms with Crippen molar-refractivity contribution in [2.75, 3.05) is 0 Å². The maximum Gasteiger partial charge on any atom is 4.00 e. The summed E-state index contributed by atoms with van der Waals surface area (Å²) in [5.41, 5.74) is 8.79. The Labute approximate surface area is 145 Å². The molecule has 2 aliphatic rings. The first-order valence-electron chi connectivity index (χ1n) is 6.12. The first-order valence-corrected chi connectivity index (χ1v) is 6.12.